The highest BCUT2D eigenvalue weighted by molar-refractivity contribution is 7.94. The van der Waals surface area contributed by atoms with Gasteiger partial charge in [-0.2, -0.15) is 7.05 Å². The van der Waals surface area contributed by atoms with Crippen molar-refractivity contribution >= 4 is 10.0 Å². The van der Waals surface area contributed by atoms with Crippen molar-refractivity contribution in [2.75, 3.05) is 7.05 Å². The Balaban J connectivity index is 3.21. The molecule has 0 aliphatic heterocycles. The topological polar surface area (TPSA) is 48.2 Å². The highest BCUT2D eigenvalue weighted by Gasteiger charge is 2.01. The van der Waals surface area contributed by atoms with Crippen molar-refractivity contribution in [2.24, 2.45) is 0 Å². The molecule has 0 unspecified atom stereocenters. The molecule has 0 aliphatic carbocycles. The summed E-state index contributed by atoms with van der Waals surface area (Å²) in [6.07, 6.45) is 0. The fourth-order valence-electron chi connectivity index (χ4n) is 0.881. The second-order valence-electron chi connectivity index (χ2n) is 2.47. The number of sulfonamides is 1. The first-order valence-corrected chi connectivity index (χ1v) is 4.93. The molecule has 4 heteroatoms. The highest BCUT2D eigenvalue weighted by Crippen LogP contribution is 2.15. The Hall–Kier alpha value is -0.870. The van der Waals surface area contributed by atoms with Gasteiger partial charge in [-0.05, 0) is 24.6 Å². The van der Waals surface area contributed by atoms with E-state index in [0.29, 0.717) is 0 Å². The monoisotopic (exact) mass is 184 g/mol. The molecule has 0 saturated heterocycles. The predicted molar refractivity (Wildman–Crippen MR) is 47.6 cm³/mol. The molecule has 66 valence electrons. The first-order valence-electron chi connectivity index (χ1n) is 3.49. The summed E-state index contributed by atoms with van der Waals surface area (Å²) < 4.78 is 25.7. The second kappa shape index (κ2) is 3.25. The molecule has 1 aromatic carbocycles. The van der Waals surface area contributed by atoms with Gasteiger partial charge in [-0.25, -0.2) is 8.42 Å². The Morgan fingerprint density at radius 3 is 2.50 bits per heavy atom. The van der Waals surface area contributed by atoms with Gasteiger partial charge >= 0.3 is 0 Å². The number of benzene rings is 1. The fourth-order valence-corrected chi connectivity index (χ4v) is 1.68. The van der Waals surface area contributed by atoms with Crippen molar-refractivity contribution in [3.8, 4) is 0 Å². The lowest BCUT2D eigenvalue weighted by atomic mass is 10.2. The normalized spacial score (nSPS) is 11.5. The van der Waals surface area contributed by atoms with Crippen LogP contribution in [0.4, 0.5) is 0 Å². The Kier molecular flexibility index (Phi) is 2.49. The molecule has 0 bridgehead atoms. The molecular formula is C8H10NO2S-. The lowest BCUT2D eigenvalue weighted by molar-refractivity contribution is 0.602. The van der Waals surface area contributed by atoms with Crippen LogP contribution in [0.2, 0.25) is 0 Å². The lowest BCUT2D eigenvalue weighted by Gasteiger charge is -2.13. The van der Waals surface area contributed by atoms with Crippen molar-refractivity contribution in [3.63, 3.8) is 0 Å². The average molecular weight is 184 g/mol. The van der Waals surface area contributed by atoms with E-state index in [-0.39, 0.29) is 4.90 Å². The number of nitrogens with zero attached hydrogens (tertiary/aromatic N) is 1. The summed E-state index contributed by atoms with van der Waals surface area (Å²) in [6.45, 7) is 1.84. The molecule has 0 amide bonds. The van der Waals surface area contributed by atoms with Gasteiger partial charge in [0.05, 0.1) is 0 Å². The standard InChI is InChI=1S/C8H10NO2S/c1-7-4-3-5-8(6-7)12(10,11)9-2/h3-6H,1-2H3/q-1. The Labute approximate surface area is 72.5 Å². The van der Waals surface area contributed by atoms with Gasteiger partial charge in [0.25, 0.3) is 0 Å². The summed E-state index contributed by atoms with van der Waals surface area (Å²) in [5, 5.41) is 0. The van der Waals surface area contributed by atoms with Crippen molar-refractivity contribution < 1.29 is 8.42 Å². The summed E-state index contributed by atoms with van der Waals surface area (Å²) in [7, 11) is -2.12. The van der Waals surface area contributed by atoms with E-state index in [1.807, 2.05) is 13.0 Å². The molecule has 0 saturated carbocycles. The minimum atomic E-state index is -3.40. The van der Waals surface area contributed by atoms with Crippen molar-refractivity contribution in [1.29, 1.82) is 0 Å². The number of hydrogen-bond acceptors (Lipinski definition) is 2. The number of hydrogen-bond donors (Lipinski definition) is 0. The van der Waals surface area contributed by atoms with Gasteiger partial charge in [0.1, 0.15) is 10.0 Å². The maximum Gasteiger partial charge on any atom is 0.101 e. The summed E-state index contributed by atoms with van der Waals surface area (Å²) in [4.78, 5) is 0.255. The molecule has 0 radical (unpaired) electrons. The van der Waals surface area contributed by atoms with E-state index in [2.05, 4.69) is 4.72 Å². The van der Waals surface area contributed by atoms with Crippen LogP contribution < -0.4 is 0 Å². The molecule has 1 aromatic rings. The molecule has 0 spiro atoms. The Morgan fingerprint density at radius 1 is 1.33 bits per heavy atom. The maximum absolute atomic E-state index is 11.2. The van der Waals surface area contributed by atoms with Crippen LogP contribution in [-0.4, -0.2) is 15.5 Å². The summed E-state index contributed by atoms with van der Waals surface area (Å²) in [6, 6.07) is 6.68. The predicted octanol–water partition coefficient (Wildman–Crippen LogP) is 1.69. The summed E-state index contributed by atoms with van der Waals surface area (Å²) in [5.74, 6) is 0. The summed E-state index contributed by atoms with van der Waals surface area (Å²) in [5.41, 5.74) is 0.916. The second-order valence-corrected chi connectivity index (χ2v) is 4.26. The quantitative estimate of drug-likeness (QED) is 0.702. The maximum atomic E-state index is 11.2. The van der Waals surface area contributed by atoms with Crippen LogP contribution in [0.15, 0.2) is 29.2 Å². The molecular weight excluding hydrogens is 174 g/mol. The van der Waals surface area contributed by atoms with Crippen LogP contribution in [0.1, 0.15) is 5.56 Å². The third kappa shape index (κ3) is 1.84. The zero-order chi connectivity index (χ0) is 9.19. The van der Waals surface area contributed by atoms with Crippen LogP contribution in [-0.2, 0) is 10.0 Å². The van der Waals surface area contributed by atoms with Gasteiger partial charge in [0.15, 0.2) is 0 Å². The third-order valence-corrected chi connectivity index (χ3v) is 2.86. The van der Waals surface area contributed by atoms with Crippen molar-refractivity contribution in [2.45, 2.75) is 11.8 Å². The van der Waals surface area contributed by atoms with E-state index in [0.717, 1.165) is 5.56 Å². The fraction of sp³-hybridized carbons (Fsp3) is 0.250. The van der Waals surface area contributed by atoms with Gasteiger partial charge in [-0.15, -0.1) is 0 Å². The van der Waals surface area contributed by atoms with Crippen LogP contribution in [0, 0.1) is 6.92 Å². The largest absolute Gasteiger partial charge is 0.547 e. The zero-order valence-electron chi connectivity index (χ0n) is 6.98. The third-order valence-electron chi connectivity index (χ3n) is 1.53. The van der Waals surface area contributed by atoms with Crippen molar-refractivity contribution in [3.05, 3.63) is 34.6 Å². The molecule has 0 aliphatic rings. The minimum absolute atomic E-state index is 0.255. The molecule has 1 rings (SSSR count). The van der Waals surface area contributed by atoms with E-state index in [1.165, 1.54) is 13.1 Å². The first-order chi connectivity index (χ1) is 5.56. The molecule has 0 atom stereocenters. The SMILES string of the molecule is C[N-]S(=O)(=O)c1cccc(C)c1. The molecule has 12 heavy (non-hydrogen) atoms. The minimum Gasteiger partial charge on any atom is -0.547 e. The lowest BCUT2D eigenvalue weighted by Crippen LogP contribution is -1.97. The van der Waals surface area contributed by atoms with Crippen LogP contribution in [0.25, 0.3) is 4.72 Å². The molecule has 0 N–H and O–H groups in total. The van der Waals surface area contributed by atoms with Crippen LogP contribution in [0.3, 0.4) is 0 Å². The van der Waals surface area contributed by atoms with Gasteiger partial charge in [0.2, 0.25) is 0 Å². The van der Waals surface area contributed by atoms with E-state index in [4.69, 9.17) is 0 Å². The molecule has 0 heterocycles. The zero-order valence-corrected chi connectivity index (χ0v) is 7.80. The van der Waals surface area contributed by atoms with E-state index >= 15 is 0 Å². The molecule has 3 nitrogen and oxygen atoms in total. The van der Waals surface area contributed by atoms with Gasteiger partial charge in [0, 0.05) is 4.90 Å². The van der Waals surface area contributed by atoms with Gasteiger partial charge in [-0.3, -0.25) is 0 Å². The van der Waals surface area contributed by atoms with Crippen molar-refractivity contribution in [1.82, 2.24) is 0 Å². The Morgan fingerprint density at radius 2 is 2.00 bits per heavy atom. The van der Waals surface area contributed by atoms with E-state index in [1.54, 1.807) is 12.1 Å². The average Bonchev–Trinajstić information content (AvgIpc) is 2.05. The molecule has 0 aromatic heterocycles. The number of rotatable bonds is 2. The Bertz CT molecular complexity index is 370. The number of aryl methyl sites for hydroxylation is 1. The van der Waals surface area contributed by atoms with E-state index < -0.39 is 10.0 Å². The smallest absolute Gasteiger partial charge is 0.101 e. The summed E-state index contributed by atoms with van der Waals surface area (Å²) >= 11 is 0. The van der Waals surface area contributed by atoms with Crippen LogP contribution in [0.5, 0.6) is 0 Å². The van der Waals surface area contributed by atoms with Crippen LogP contribution >= 0.6 is 0 Å². The van der Waals surface area contributed by atoms with Gasteiger partial charge in [-0.1, -0.05) is 12.1 Å². The van der Waals surface area contributed by atoms with Gasteiger partial charge < -0.3 is 4.72 Å². The first kappa shape index (κ1) is 9.22. The highest BCUT2D eigenvalue weighted by atomic mass is 32.2. The molecule has 0 fully saturated rings. The van der Waals surface area contributed by atoms with E-state index in [9.17, 15) is 8.42 Å².